The minimum atomic E-state index is -0.383. The van der Waals surface area contributed by atoms with Crippen molar-refractivity contribution in [3.8, 4) is 0 Å². The van der Waals surface area contributed by atoms with Crippen molar-refractivity contribution in [2.75, 3.05) is 5.73 Å². The first-order chi connectivity index (χ1) is 5.56. The fraction of sp³-hybridized carbons (Fsp3) is 0.556. The molecule has 3 nitrogen and oxygen atoms in total. The van der Waals surface area contributed by atoms with Gasteiger partial charge in [-0.2, -0.15) is 0 Å². The van der Waals surface area contributed by atoms with E-state index in [9.17, 15) is 0 Å². The third kappa shape index (κ3) is 1.80. The van der Waals surface area contributed by atoms with Crippen LogP contribution >= 0.6 is 0 Å². The predicted octanol–water partition coefficient (Wildman–Crippen LogP) is 1.84. The third-order valence-corrected chi connectivity index (χ3v) is 1.96. The maximum atomic E-state index is 6.01. The monoisotopic (exact) mass is 168 g/mol. The quantitative estimate of drug-likeness (QED) is 0.723. The summed E-state index contributed by atoms with van der Waals surface area (Å²) in [7, 11) is 0. The number of rotatable bonds is 3. The molecule has 1 atom stereocenters. The SMILES string of the molecule is CCCC(C)(N)c1ccc(N)o1. The summed E-state index contributed by atoms with van der Waals surface area (Å²) in [6.45, 7) is 4.05. The first-order valence-corrected chi connectivity index (χ1v) is 4.21. The molecule has 3 heteroatoms. The molecule has 1 unspecified atom stereocenters. The van der Waals surface area contributed by atoms with Crippen LogP contribution in [0, 0.1) is 0 Å². The zero-order valence-corrected chi connectivity index (χ0v) is 7.63. The topological polar surface area (TPSA) is 65.2 Å². The second-order valence-electron chi connectivity index (χ2n) is 3.37. The Morgan fingerprint density at radius 2 is 2.17 bits per heavy atom. The van der Waals surface area contributed by atoms with Gasteiger partial charge in [-0.1, -0.05) is 13.3 Å². The van der Waals surface area contributed by atoms with E-state index in [4.69, 9.17) is 15.9 Å². The Morgan fingerprint density at radius 3 is 2.58 bits per heavy atom. The lowest BCUT2D eigenvalue weighted by Gasteiger charge is -2.20. The Kier molecular flexibility index (Phi) is 2.43. The van der Waals surface area contributed by atoms with E-state index in [1.807, 2.05) is 13.0 Å². The van der Waals surface area contributed by atoms with Crippen molar-refractivity contribution in [1.29, 1.82) is 0 Å². The van der Waals surface area contributed by atoms with Gasteiger partial charge in [0.05, 0.1) is 5.54 Å². The second kappa shape index (κ2) is 3.19. The van der Waals surface area contributed by atoms with Gasteiger partial charge in [0.25, 0.3) is 0 Å². The Balaban J connectivity index is 2.81. The lowest BCUT2D eigenvalue weighted by Crippen LogP contribution is -2.32. The van der Waals surface area contributed by atoms with E-state index >= 15 is 0 Å². The fourth-order valence-corrected chi connectivity index (χ4v) is 1.30. The molecular weight excluding hydrogens is 152 g/mol. The average Bonchev–Trinajstić information content (AvgIpc) is 2.36. The number of nitrogens with two attached hydrogens (primary N) is 2. The predicted molar refractivity (Wildman–Crippen MR) is 49.6 cm³/mol. The van der Waals surface area contributed by atoms with Crippen LogP contribution in [0.5, 0.6) is 0 Å². The molecule has 0 aliphatic heterocycles. The summed E-state index contributed by atoms with van der Waals surface area (Å²) in [6, 6.07) is 3.57. The molecule has 1 heterocycles. The van der Waals surface area contributed by atoms with Crippen LogP contribution < -0.4 is 11.5 Å². The van der Waals surface area contributed by atoms with Gasteiger partial charge in [0, 0.05) is 6.07 Å². The highest BCUT2D eigenvalue weighted by molar-refractivity contribution is 5.28. The van der Waals surface area contributed by atoms with Crippen molar-refractivity contribution in [2.24, 2.45) is 5.73 Å². The van der Waals surface area contributed by atoms with Crippen LogP contribution in [0.15, 0.2) is 16.5 Å². The van der Waals surface area contributed by atoms with Crippen molar-refractivity contribution in [2.45, 2.75) is 32.2 Å². The van der Waals surface area contributed by atoms with Crippen molar-refractivity contribution in [1.82, 2.24) is 0 Å². The lowest BCUT2D eigenvalue weighted by atomic mass is 9.95. The standard InChI is InChI=1S/C9H16N2O/c1-3-6-9(2,11)7-4-5-8(10)12-7/h4-5H,3,6,10-11H2,1-2H3. The Hall–Kier alpha value is -0.960. The van der Waals surface area contributed by atoms with Gasteiger partial charge in [0.1, 0.15) is 5.76 Å². The zero-order chi connectivity index (χ0) is 9.19. The van der Waals surface area contributed by atoms with E-state index in [-0.39, 0.29) is 5.54 Å². The Bertz CT molecular complexity index is 253. The summed E-state index contributed by atoms with van der Waals surface area (Å²) < 4.78 is 5.25. The van der Waals surface area contributed by atoms with Gasteiger partial charge in [-0.15, -0.1) is 0 Å². The highest BCUT2D eigenvalue weighted by Crippen LogP contribution is 2.25. The number of hydrogen-bond donors (Lipinski definition) is 2. The van der Waals surface area contributed by atoms with Gasteiger partial charge in [0.2, 0.25) is 0 Å². The van der Waals surface area contributed by atoms with Crippen LogP contribution in [0.1, 0.15) is 32.4 Å². The number of nitrogen functional groups attached to an aromatic ring is 1. The molecule has 0 aliphatic rings. The molecule has 0 saturated carbocycles. The highest BCUT2D eigenvalue weighted by atomic mass is 16.4. The maximum Gasteiger partial charge on any atom is 0.190 e. The Morgan fingerprint density at radius 1 is 1.50 bits per heavy atom. The van der Waals surface area contributed by atoms with E-state index in [1.165, 1.54) is 0 Å². The second-order valence-corrected chi connectivity index (χ2v) is 3.37. The molecule has 0 bridgehead atoms. The molecule has 4 N–H and O–H groups in total. The molecule has 0 amide bonds. The molecule has 0 saturated heterocycles. The molecule has 0 spiro atoms. The summed E-state index contributed by atoms with van der Waals surface area (Å²) >= 11 is 0. The number of furan rings is 1. The van der Waals surface area contributed by atoms with Crippen LogP contribution in [0.2, 0.25) is 0 Å². The number of hydrogen-bond acceptors (Lipinski definition) is 3. The minimum Gasteiger partial charge on any atom is -0.444 e. The van der Waals surface area contributed by atoms with Crippen LogP contribution in [0.4, 0.5) is 5.88 Å². The first-order valence-electron chi connectivity index (χ1n) is 4.21. The van der Waals surface area contributed by atoms with Crippen LogP contribution in [0.3, 0.4) is 0 Å². The van der Waals surface area contributed by atoms with Gasteiger partial charge in [0.15, 0.2) is 5.88 Å². The van der Waals surface area contributed by atoms with Crippen LogP contribution in [-0.4, -0.2) is 0 Å². The summed E-state index contributed by atoms with van der Waals surface area (Å²) in [5.41, 5.74) is 11.1. The third-order valence-electron chi connectivity index (χ3n) is 1.96. The summed E-state index contributed by atoms with van der Waals surface area (Å²) in [4.78, 5) is 0. The van der Waals surface area contributed by atoms with Crippen molar-refractivity contribution in [3.63, 3.8) is 0 Å². The normalized spacial score (nSPS) is 15.9. The molecule has 1 aromatic heterocycles. The average molecular weight is 168 g/mol. The van der Waals surface area contributed by atoms with E-state index in [2.05, 4.69) is 6.92 Å². The van der Waals surface area contributed by atoms with Gasteiger partial charge in [-0.25, -0.2) is 0 Å². The minimum absolute atomic E-state index is 0.383. The van der Waals surface area contributed by atoms with E-state index in [1.54, 1.807) is 6.07 Å². The van der Waals surface area contributed by atoms with E-state index in [0.29, 0.717) is 5.88 Å². The summed E-state index contributed by atoms with van der Waals surface area (Å²) in [5, 5.41) is 0. The smallest absolute Gasteiger partial charge is 0.190 e. The van der Waals surface area contributed by atoms with Gasteiger partial charge in [-0.3, -0.25) is 0 Å². The first kappa shape index (κ1) is 9.13. The fourth-order valence-electron chi connectivity index (χ4n) is 1.30. The largest absolute Gasteiger partial charge is 0.444 e. The van der Waals surface area contributed by atoms with E-state index < -0.39 is 0 Å². The molecule has 0 radical (unpaired) electrons. The summed E-state index contributed by atoms with van der Waals surface area (Å²) in [6.07, 6.45) is 1.94. The number of anilines is 1. The zero-order valence-electron chi connectivity index (χ0n) is 7.63. The van der Waals surface area contributed by atoms with Gasteiger partial charge < -0.3 is 15.9 Å². The molecule has 12 heavy (non-hydrogen) atoms. The molecule has 0 aliphatic carbocycles. The molecule has 68 valence electrons. The Labute approximate surface area is 72.7 Å². The highest BCUT2D eigenvalue weighted by Gasteiger charge is 2.23. The molecule has 1 rings (SSSR count). The van der Waals surface area contributed by atoms with Crippen LogP contribution in [0.25, 0.3) is 0 Å². The summed E-state index contributed by atoms with van der Waals surface area (Å²) in [5.74, 6) is 1.19. The van der Waals surface area contributed by atoms with Gasteiger partial charge >= 0.3 is 0 Å². The molecule has 0 fully saturated rings. The van der Waals surface area contributed by atoms with Crippen molar-refractivity contribution < 1.29 is 4.42 Å². The van der Waals surface area contributed by atoms with Crippen LogP contribution in [-0.2, 0) is 5.54 Å². The molecular formula is C9H16N2O. The molecule has 0 aromatic carbocycles. The van der Waals surface area contributed by atoms with E-state index in [0.717, 1.165) is 18.6 Å². The molecule has 1 aromatic rings. The maximum absolute atomic E-state index is 6.01. The van der Waals surface area contributed by atoms with Crippen molar-refractivity contribution >= 4 is 5.88 Å². The lowest BCUT2D eigenvalue weighted by molar-refractivity contribution is 0.351. The van der Waals surface area contributed by atoms with Crippen molar-refractivity contribution in [3.05, 3.63) is 17.9 Å². The van der Waals surface area contributed by atoms with Gasteiger partial charge in [-0.05, 0) is 19.4 Å².